The summed E-state index contributed by atoms with van der Waals surface area (Å²) in [5, 5.41) is 14.9. The van der Waals surface area contributed by atoms with Crippen molar-refractivity contribution in [3.05, 3.63) is 91.0 Å². The third-order valence-corrected chi connectivity index (χ3v) is 35.3. The Bertz CT molecular complexity index is 2030. The molecule has 6 aromatic carbocycles. The highest BCUT2D eigenvalue weighted by Crippen LogP contribution is 2.38. The summed E-state index contributed by atoms with van der Waals surface area (Å²) in [5.74, 6) is 0. The van der Waals surface area contributed by atoms with Crippen LogP contribution in [-0.2, 0) is 8.85 Å². The Morgan fingerprint density at radius 2 is 1.20 bits per heavy atom. The normalized spacial score (nSPS) is 21.5. The highest BCUT2D eigenvalue weighted by Gasteiger charge is 2.49. The van der Waals surface area contributed by atoms with Gasteiger partial charge in [-0.25, -0.2) is 0 Å². The van der Waals surface area contributed by atoms with E-state index in [1.807, 2.05) is 0 Å². The average molecular weight is 647 g/mol. The fourth-order valence-electron chi connectivity index (χ4n) is 7.32. The van der Waals surface area contributed by atoms with Crippen molar-refractivity contribution in [2.75, 3.05) is 6.61 Å². The number of hydrogen-bond donors (Lipinski definition) is 0. The first-order valence-electron chi connectivity index (χ1n) is 16.5. The van der Waals surface area contributed by atoms with Crippen LogP contribution in [0, 0.1) is 0 Å². The highest BCUT2D eigenvalue weighted by molar-refractivity contribution is 7.38. The molecule has 2 heterocycles. The third-order valence-electron chi connectivity index (χ3n) is 10.8. The highest BCUT2D eigenvalue weighted by atomic mass is 29.3. The molecule has 0 amide bonds. The summed E-state index contributed by atoms with van der Waals surface area (Å²) in [6.45, 7) is 15.3. The molecule has 1 atom stereocenters. The first kappa shape index (κ1) is 30.1. The first-order valence-corrected chi connectivity index (χ1v) is 28.8. The van der Waals surface area contributed by atoms with Gasteiger partial charge >= 0.3 is 0 Å². The van der Waals surface area contributed by atoms with Crippen LogP contribution < -0.4 is 5.19 Å². The van der Waals surface area contributed by atoms with Crippen molar-refractivity contribution >= 4 is 92.1 Å². The topological polar surface area (TPSA) is 18.5 Å². The minimum Gasteiger partial charge on any atom is -0.427 e. The molecule has 0 radical (unpaired) electrons. The number of rotatable bonds is 1. The maximum atomic E-state index is 6.28. The molecule has 2 fully saturated rings. The number of benzene rings is 6. The summed E-state index contributed by atoms with van der Waals surface area (Å²) in [7, 11) is -3.44. The molecule has 0 aliphatic carbocycles. The van der Waals surface area contributed by atoms with Crippen molar-refractivity contribution in [3.63, 3.8) is 0 Å². The molecule has 1 unspecified atom stereocenters. The predicted molar refractivity (Wildman–Crippen MR) is 204 cm³/mol. The van der Waals surface area contributed by atoms with E-state index in [4.69, 9.17) is 8.85 Å². The Balaban J connectivity index is 0.000000221. The molecule has 226 valence electrons. The van der Waals surface area contributed by atoms with Crippen LogP contribution in [0.2, 0.25) is 38.3 Å². The Hall–Kier alpha value is -2.59. The Kier molecular flexibility index (Phi) is 7.75. The maximum absolute atomic E-state index is 6.28. The molecule has 0 bridgehead atoms. The van der Waals surface area contributed by atoms with Crippen molar-refractivity contribution in [1.29, 1.82) is 0 Å². The maximum Gasteiger partial charge on any atom is 0.174 e. The van der Waals surface area contributed by atoms with Crippen LogP contribution in [0.4, 0.5) is 0 Å². The van der Waals surface area contributed by atoms with Crippen LogP contribution in [0.5, 0.6) is 0 Å². The monoisotopic (exact) mass is 646 g/mol. The zero-order valence-electron chi connectivity index (χ0n) is 27.3. The number of hydrogen-bond acceptors (Lipinski definition) is 2. The third kappa shape index (κ3) is 5.77. The minimum absolute atomic E-state index is 0.165. The average Bonchev–Trinajstić information content (AvgIpc) is 3.00. The number of fused-ring (bicyclic) bond motifs is 6. The quantitative estimate of drug-likeness (QED) is 0.101. The van der Waals surface area contributed by atoms with Gasteiger partial charge in [-0.2, -0.15) is 0 Å². The van der Waals surface area contributed by atoms with Crippen LogP contribution in [0.15, 0.2) is 91.0 Å². The van der Waals surface area contributed by atoms with Crippen molar-refractivity contribution in [3.8, 4) is 0 Å². The molecule has 2 saturated heterocycles. The van der Waals surface area contributed by atoms with E-state index in [9.17, 15) is 0 Å². The second-order valence-electron chi connectivity index (χ2n) is 15.0. The molecule has 6 aromatic rings. The molecular formula is C38H46O2Si4. The van der Waals surface area contributed by atoms with Gasteiger partial charge in [0.25, 0.3) is 0 Å². The van der Waals surface area contributed by atoms with Crippen molar-refractivity contribution < 1.29 is 8.85 Å². The second-order valence-corrected chi connectivity index (χ2v) is 37.5. The lowest BCUT2D eigenvalue weighted by atomic mass is 9.95. The predicted octanol–water partition coefficient (Wildman–Crippen LogP) is 9.06. The van der Waals surface area contributed by atoms with Gasteiger partial charge in [-0.1, -0.05) is 85.0 Å². The van der Waals surface area contributed by atoms with Crippen molar-refractivity contribution in [2.24, 2.45) is 0 Å². The molecule has 2 nitrogen and oxygen atoms in total. The van der Waals surface area contributed by atoms with Gasteiger partial charge in [0.15, 0.2) is 17.1 Å². The molecule has 0 aromatic heterocycles. The lowest BCUT2D eigenvalue weighted by Gasteiger charge is -2.49. The molecule has 8 rings (SSSR count). The minimum atomic E-state index is -1.31. The van der Waals surface area contributed by atoms with Gasteiger partial charge in [-0.3, -0.25) is 0 Å². The fourth-order valence-corrected chi connectivity index (χ4v) is 21.6. The van der Waals surface area contributed by atoms with E-state index in [1.54, 1.807) is 5.19 Å². The molecule has 44 heavy (non-hydrogen) atoms. The van der Waals surface area contributed by atoms with Crippen LogP contribution in [0.1, 0.15) is 26.7 Å². The molecule has 0 N–H and O–H groups in total. The summed E-state index contributed by atoms with van der Waals surface area (Å²) >= 11 is 0. The van der Waals surface area contributed by atoms with Gasteiger partial charge < -0.3 is 8.85 Å². The summed E-state index contributed by atoms with van der Waals surface area (Å²) in [4.78, 5) is 0. The second kappa shape index (κ2) is 11.3. The molecule has 0 saturated carbocycles. The zero-order valence-corrected chi connectivity index (χ0v) is 31.9. The Morgan fingerprint density at radius 3 is 1.80 bits per heavy atom. The molecule has 0 spiro atoms. The van der Waals surface area contributed by atoms with Crippen LogP contribution in [-0.4, -0.2) is 45.2 Å². The van der Waals surface area contributed by atoms with Crippen LogP contribution in [0.3, 0.4) is 0 Å². The van der Waals surface area contributed by atoms with E-state index in [-0.39, 0.29) is 14.9 Å². The Morgan fingerprint density at radius 1 is 0.659 bits per heavy atom. The van der Waals surface area contributed by atoms with Crippen molar-refractivity contribution in [2.45, 2.75) is 70.6 Å². The largest absolute Gasteiger partial charge is 0.427 e. The smallest absolute Gasteiger partial charge is 0.174 e. The Labute approximate surface area is 268 Å². The summed E-state index contributed by atoms with van der Waals surface area (Å²) in [5.41, 5.74) is 0.165. The van der Waals surface area contributed by atoms with Crippen LogP contribution in [0.25, 0.3) is 53.9 Å². The van der Waals surface area contributed by atoms with E-state index in [0.29, 0.717) is 0 Å². The molecule has 2 aliphatic heterocycles. The van der Waals surface area contributed by atoms with Gasteiger partial charge in [-0.15, -0.1) is 0 Å². The SMILES string of the molecule is CC1(C)CC[Si](C)(C)[Si](C)(C)O1.c1ccc2cc3cc4c(ccc5cc6cc([SiH]7CCCO[SiH2]7)ccc6cc54)cc3cc2c1. The summed E-state index contributed by atoms with van der Waals surface area (Å²) in [6.07, 6.45) is 2.53. The van der Waals surface area contributed by atoms with Gasteiger partial charge in [-0.05, 0) is 130 Å². The molecular weight excluding hydrogens is 601 g/mol. The van der Waals surface area contributed by atoms with Gasteiger partial charge in [0, 0.05) is 6.61 Å². The van der Waals surface area contributed by atoms with Crippen molar-refractivity contribution in [1.82, 2.24) is 0 Å². The van der Waals surface area contributed by atoms with Crippen LogP contribution >= 0.6 is 0 Å². The van der Waals surface area contributed by atoms with Gasteiger partial charge in [0.1, 0.15) is 0 Å². The first-order chi connectivity index (χ1) is 21.0. The van der Waals surface area contributed by atoms with E-state index >= 15 is 0 Å². The van der Waals surface area contributed by atoms with E-state index in [2.05, 4.69) is 131 Å². The van der Waals surface area contributed by atoms with Gasteiger partial charge in [0.2, 0.25) is 0 Å². The lowest BCUT2D eigenvalue weighted by molar-refractivity contribution is 0.0933. The van der Waals surface area contributed by atoms with E-state index < -0.39 is 23.7 Å². The fraction of sp³-hybridized carbons (Fsp3) is 0.316. The summed E-state index contributed by atoms with van der Waals surface area (Å²) < 4.78 is 12.2. The lowest BCUT2D eigenvalue weighted by Crippen LogP contribution is -2.63. The standard InChI is InChI=1S/C29H24OSi2.C9H22OSi2/c1-2-5-20-13-26-18-29-22(14-24(26)12-19(20)4-1)6-7-23-15-25-16-27(32-11-3-10-30-31-32)9-8-21(25)17-28(23)29;1-9(2)7-8-11(3,4)12(5,6)10-9/h1-2,4-9,12-18,32H,3,10-11,31H2;7-8H2,1-6H3. The van der Waals surface area contributed by atoms with E-state index in [0.717, 1.165) is 6.61 Å². The zero-order chi connectivity index (χ0) is 30.7. The molecule has 6 heteroatoms. The summed E-state index contributed by atoms with van der Waals surface area (Å²) in [6, 6.07) is 37.5. The van der Waals surface area contributed by atoms with Gasteiger partial charge in [0.05, 0.1) is 21.5 Å². The van der Waals surface area contributed by atoms with E-state index in [1.165, 1.54) is 78.8 Å². The molecule has 2 aliphatic rings.